The van der Waals surface area contributed by atoms with Gasteiger partial charge in [-0.3, -0.25) is 32.0 Å². The number of guanidine groups is 1. The van der Waals surface area contributed by atoms with Crippen LogP contribution in [0.3, 0.4) is 0 Å². The highest BCUT2D eigenvalue weighted by atomic mass is 31.2. The SMILES string of the molecule is NC1=NC(N)c2ncn([C@@H]3O[C@@H]4COP(=O)(O)O[C@H]5[C@@H](O)[C@H](n6cnc7c(=O)[nH]cnc76)O[C@@H]5COP(=O)(O)O[C@@H]3[C@@H]4F)c2N1. The molecule has 45 heavy (non-hydrogen) atoms. The van der Waals surface area contributed by atoms with E-state index in [9.17, 15) is 28.8 Å². The number of phosphoric ester groups is 2. The summed E-state index contributed by atoms with van der Waals surface area (Å²) < 4.78 is 76.3. The van der Waals surface area contributed by atoms with Crippen molar-refractivity contribution in [2.45, 2.75) is 55.3 Å². The molecule has 3 fully saturated rings. The third kappa shape index (κ3) is 5.39. The third-order valence-electron chi connectivity index (χ3n) is 7.43. The van der Waals surface area contributed by atoms with Crippen molar-refractivity contribution in [1.82, 2.24) is 29.1 Å². The summed E-state index contributed by atoms with van der Waals surface area (Å²) in [6.45, 7) is -1.79. The Kier molecular flexibility index (Phi) is 7.43. The maximum atomic E-state index is 15.7. The molecule has 0 saturated carbocycles. The van der Waals surface area contributed by atoms with Gasteiger partial charge in [-0.2, -0.15) is 0 Å². The van der Waals surface area contributed by atoms with E-state index in [0.717, 1.165) is 17.2 Å². The lowest BCUT2D eigenvalue weighted by molar-refractivity contribution is -0.0675. The van der Waals surface area contributed by atoms with E-state index >= 15 is 4.39 Å². The van der Waals surface area contributed by atoms with Gasteiger partial charge in [0.05, 0.1) is 32.2 Å². The topological polar surface area (TPSA) is 308 Å². The number of aliphatic hydroxyl groups is 1. The number of nitrogens with zero attached hydrogens (tertiary/aromatic N) is 6. The monoisotopic (exact) mass is 678 g/mol. The summed E-state index contributed by atoms with van der Waals surface area (Å²) in [6, 6.07) is 0. The molecule has 11 atom stereocenters. The minimum atomic E-state index is -5.17. The Balaban J connectivity index is 1.19. The Morgan fingerprint density at radius 1 is 0.978 bits per heavy atom. The third-order valence-corrected chi connectivity index (χ3v) is 9.40. The molecular formula is C20H25FN10O12P2. The van der Waals surface area contributed by atoms with Gasteiger partial charge in [-0.25, -0.2) is 33.5 Å². The van der Waals surface area contributed by atoms with Crippen LogP contribution in [0.25, 0.3) is 11.2 Å². The van der Waals surface area contributed by atoms with Crippen LogP contribution in [-0.2, 0) is 36.7 Å². The number of imidazole rings is 2. The van der Waals surface area contributed by atoms with Crippen LogP contribution < -0.4 is 22.3 Å². The molecule has 244 valence electrons. The number of H-pyrrole nitrogens is 1. The highest BCUT2D eigenvalue weighted by Crippen LogP contribution is 2.54. The molecular weight excluding hydrogens is 653 g/mol. The van der Waals surface area contributed by atoms with Gasteiger partial charge >= 0.3 is 15.6 Å². The fourth-order valence-electron chi connectivity index (χ4n) is 5.41. The molecule has 7 rings (SSSR count). The highest BCUT2D eigenvalue weighted by Gasteiger charge is 2.54. The van der Waals surface area contributed by atoms with Crippen molar-refractivity contribution < 1.29 is 56.0 Å². The number of aromatic amines is 1. The predicted molar refractivity (Wildman–Crippen MR) is 143 cm³/mol. The van der Waals surface area contributed by atoms with Crippen molar-refractivity contribution in [2.24, 2.45) is 16.5 Å². The zero-order valence-corrected chi connectivity index (χ0v) is 24.3. The van der Waals surface area contributed by atoms with Crippen LogP contribution in [-0.4, -0.2) is 99.8 Å². The van der Waals surface area contributed by atoms with E-state index in [1.165, 1.54) is 10.9 Å². The van der Waals surface area contributed by atoms with Gasteiger partial charge in [0.25, 0.3) is 5.56 Å². The van der Waals surface area contributed by atoms with E-state index in [1.54, 1.807) is 0 Å². The number of halogens is 1. The van der Waals surface area contributed by atoms with Crippen molar-refractivity contribution in [3.05, 3.63) is 35.0 Å². The van der Waals surface area contributed by atoms with Crippen molar-refractivity contribution in [3.8, 4) is 0 Å². The fourth-order valence-corrected chi connectivity index (χ4v) is 7.30. The molecule has 3 unspecified atom stereocenters. The van der Waals surface area contributed by atoms with Gasteiger partial charge in [0.2, 0.25) is 0 Å². The molecule has 0 spiro atoms. The zero-order valence-electron chi connectivity index (χ0n) is 22.5. The minimum absolute atomic E-state index is 0.0176. The van der Waals surface area contributed by atoms with Crippen molar-refractivity contribution >= 4 is 38.6 Å². The molecule has 0 radical (unpaired) electrons. The number of nitrogens with two attached hydrogens (primary N) is 2. The van der Waals surface area contributed by atoms with E-state index < -0.39 is 89.7 Å². The van der Waals surface area contributed by atoms with Crippen molar-refractivity contribution in [2.75, 3.05) is 18.5 Å². The Hall–Kier alpha value is -3.18. The Bertz CT molecular complexity index is 1820. The van der Waals surface area contributed by atoms with E-state index in [0.29, 0.717) is 0 Å². The number of rotatable bonds is 2. The summed E-state index contributed by atoms with van der Waals surface area (Å²) in [5.41, 5.74) is 11.2. The maximum Gasteiger partial charge on any atom is 0.472 e. The summed E-state index contributed by atoms with van der Waals surface area (Å²) in [7, 11) is -10.3. The number of fused-ring (bicyclic) bond motifs is 5. The first-order chi connectivity index (χ1) is 21.3. The van der Waals surface area contributed by atoms with Gasteiger partial charge in [-0.1, -0.05) is 0 Å². The lowest BCUT2D eigenvalue weighted by atomic mass is 10.1. The molecule has 0 aliphatic carbocycles. The summed E-state index contributed by atoms with van der Waals surface area (Å²) in [4.78, 5) is 51.6. The Morgan fingerprint density at radius 3 is 2.40 bits per heavy atom. The molecule has 3 aromatic heterocycles. The van der Waals surface area contributed by atoms with Crippen LogP contribution in [0.5, 0.6) is 0 Å². The standard InChI is InChI=1S/C20H25FN10O12P2/c21-8-6-1-38-44(34,35)42-12-7(41-18(11(12)32)30-5-27-10-15(30)24-3-25-17(10)33)2-39-45(36,37)43-13(8)19(40-6)31-4-26-9-14(22)28-20(23)29-16(9)31/h3-8,11-14,18-19,32H,1-2,22H2,(H,34,35)(H,36,37)(H3,23,28,29)(H,24,25,33)/t6-,7-,8-,11-,12-,13-,14?,18-,19-/m1/s1. The van der Waals surface area contributed by atoms with Gasteiger partial charge in [0.15, 0.2) is 35.8 Å². The minimum Gasteiger partial charge on any atom is -0.386 e. The van der Waals surface area contributed by atoms with Gasteiger partial charge in [0, 0.05) is 0 Å². The molecule has 0 amide bonds. The molecule has 0 aromatic carbocycles. The van der Waals surface area contributed by atoms with Crippen LogP contribution >= 0.6 is 15.6 Å². The lowest BCUT2D eigenvalue weighted by Crippen LogP contribution is -2.36. The average molecular weight is 678 g/mol. The molecule has 25 heteroatoms. The summed E-state index contributed by atoms with van der Waals surface area (Å²) >= 11 is 0. The molecule has 4 aliphatic rings. The van der Waals surface area contributed by atoms with Gasteiger partial charge in [-0.05, 0) is 0 Å². The molecule has 22 nitrogen and oxygen atoms in total. The van der Waals surface area contributed by atoms with Crippen LogP contribution in [0.15, 0.2) is 28.8 Å². The number of hydrogen-bond acceptors (Lipinski definition) is 17. The quantitative estimate of drug-likeness (QED) is 0.147. The number of nitrogens with one attached hydrogen (secondary N) is 2. The molecule has 7 heterocycles. The molecule has 3 aromatic rings. The second kappa shape index (κ2) is 11.0. The highest BCUT2D eigenvalue weighted by molar-refractivity contribution is 7.47. The van der Waals surface area contributed by atoms with E-state index in [1.807, 2.05) is 0 Å². The number of phosphoric acid groups is 2. The Morgan fingerprint density at radius 2 is 1.64 bits per heavy atom. The second-order valence-corrected chi connectivity index (χ2v) is 13.1. The van der Waals surface area contributed by atoms with Gasteiger partial charge in [0.1, 0.15) is 48.2 Å². The van der Waals surface area contributed by atoms with Crippen LogP contribution in [0.4, 0.5) is 10.2 Å². The van der Waals surface area contributed by atoms with E-state index in [2.05, 4.69) is 30.2 Å². The normalized spacial score (nSPS) is 40.5. The van der Waals surface area contributed by atoms with Gasteiger partial charge < -0.3 is 46.1 Å². The first kappa shape index (κ1) is 30.5. The molecule has 2 bridgehead atoms. The van der Waals surface area contributed by atoms with E-state index in [4.69, 9.17) is 39.0 Å². The van der Waals surface area contributed by atoms with Crippen LogP contribution in [0.1, 0.15) is 24.3 Å². The first-order valence-electron chi connectivity index (χ1n) is 13.1. The zero-order chi connectivity index (χ0) is 31.8. The summed E-state index contributed by atoms with van der Waals surface area (Å²) in [5, 5.41) is 13.8. The maximum absolute atomic E-state index is 15.7. The number of alkyl halides is 1. The number of aliphatic imine (C=N–C) groups is 1. The number of hydrogen-bond donors (Lipinski definition) is 7. The number of aromatic nitrogens is 6. The van der Waals surface area contributed by atoms with Crippen LogP contribution in [0, 0.1) is 0 Å². The Labute approximate surface area is 249 Å². The average Bonchev–Trinajstić information content (AvgIpc) is 3.72. The number of ether oxygens (including phenoxy) is 2. The largest absolute Gasteiger partial charge is 0.472 e. The van der Waals surface area contributed by atoms with Crippen LogP contribution in [0.2, 0.25) is 0 Å². The lowest BCUT2D eigenvalue weighted by Gasteiger charge is -2.27. The fraction of sp³-hybridized carbons (Fsp3) is 0.550. The van der Waals surface area contributed by atoms with Crippen molar-refractivity contribution in [3.63, 3.8) is 0 Å². The van der Waals surface area contributed by atoms with E-state index in [-0.39, 0.29) is 28.6 Å². The number of anilines is 1. The molecule has 4 aliphatic heterocycles. The first-order valence-corrected chi connectivity index (χ1v) is 16.1. The van der Waals surface area contributed by atoms with Crippen molar-refractivity contribution in [1.29, 1.82) is 0 Å². The summed E-state index contributed by atoms with van der Waals surface area (Å²) in [5.74, 6) is 0.0255. The summed E-state index contributed by atoms with van der Waals surface area (Å²) in [6.07, 6.45) is -11.3. The smallest absolute Gasteiger partial charge is 0.386 e. The van der Waals surface area contributed by atoms with Gasteiger partial charge in [-0.15, -0.1) is 0 Å². The molecule has 9 N–H and O–H groups in total. The second-order valence-electron chi connectivity index (χ2n) is 10.3. The number of aliphatic hydroxyl groups excluding tert-OH is 1. The molecule has 3 saturated heterocycles. The predicted octanol–water partition coefficient (Wildman–Crippen LogP) is -1.77.